The standard InChI is InChI=1S/C14H21FN2/c1-10-5-12(10)8-17(2)9-13-6-11(7-16)3-4-14(13)15/h3-4,6,10,12H,5,7-9,16H2,1-2H3. The summed E-state index contributed by atoms with van der Waals surface area (Å²) in [7, 11) is 2.06. The third-order valence-electron chi connectivity index (χ3n) is 3.61. The Hall–Kier alpha value is -0.930. The van der Waals surface area contributed by atoms with E-state index in [9.17, 15) is 4.39 Å². The summed E-state index contributed by atoms with van der Waals surface area (Å²) in [5.41, 5.74) is 7.32. The van der Waals surface area contributed by atoms with Crippen molar-refractivity contribution in [3.8, 4) is 0 Å². The molecule has 0 radical (unpaired) electrons. The summed E-state index contributed by atoms with van der Waals surface area (Å²) in [6.45, 7) is 4.47. The van der Waals surface area contributed by atoms with Gasteiger partial charge in [-0.05, 0) is 36.9 Å². The molecule has 0 saturated heterocycles. The van der Waals surface area contributed by atoms with E-state index in [2.05, 4.69) is 18.9 Å². The lowest BCUT2D eigenvalue weighted by molar-refractivity contribution is 0.303. The first-order valence-corrected chi connectivity index (χ1v) is 6.26. The largest absolute Gasteiger partial charge is 0.326 e. The van der Waals surface area contributed by atoms with E-state index in [1.54, 1.807) is 6.07 Å². The maximum Gasteiger partial charge on any atom is 0.127 e. The van der Waals surface area contributed by atoms with Gasteiger partial charge in [-0.3, -0.25) is 0 Å². The van der Waals surface area contributed by atoms with Gasteiger partial charge in [0.1, 0.15) is 5.82 Å². The van der Waals surface area contributed by atoms with Gasteiger partial charge in [0.05, 0.1) is 0 Å². The predicted octanol–water partition coefficient (Wildman–Crippen LogP) is 2.37. The molecule has 2 N–H and O–H groups in total. The van der Waals surface area contributed by atoms with Gasteiger partial charge in [0.25, 0.3) is 0 Å². The Bertz CT molecular complexity index is 392. The van der Waals surface area contributed by atoms with Gasteiger partial charge in [0.2, 0.25) is 0 Å². The highest BCUT2D eigenvalue weighted by molar-refractivity contribution is 5.25. The van der Waals surface area contributed by atoms with E-state index in [0.717, 1.165) is 29.5 Å². The molecule has 0 aliphatic heterocycles. The normalized spacial score (nSPS) is 23.1. The Labute approximate surface area is 103 Å². The van der Waals surface area contributed by atoms with Crippen molar-refractivity contribution in [2.24, 2.45) is 17.6 Å². The van der Waals surface area contributed by atoms with Crippen molar-refractivity contribution >= 4 is 0 Å². The molecule has 0 aromatic heterocycles. The maximum absolute atomic E-state index is 13.6. The highest BCUT2D eigenvalue weighted by Crippen LogP contribution is 2.38. The molecule has 17 heavy (non-hydrogen) atoms. The summed E-state index contributed by atoms with van der Waals surface area (Å²) in [5.74, 6) is 1.52. The average molecular weight is 236 g/mol. The van der Waals surface area contributed by atoms with Gasteiger partial charge in [-0.15, -0.1) is 0 Å². The number of hydrogen-bond donors (Lipinski definition) is 1. The van der Waals surface area contributed by atoms with E-state index in [1.165, 1.54) is 12.5 Å². The molecule has 1 aromatic carbocycles. The van der Waals surface area contributed by atoms with Crippen LogP contribution in [-0.4, -0.2) is 18.5 Å². The molecular weight excluding hydrogens is 215 g/mol. The second kappa shape index (κ2) is 5.15. The predicted molar refractivity (Wildman–Crippen MR) is 67.9 cm³/mol. The number of benzene rings is 1. The van der Waals surface area contributed by atoms with Gasteiger partial charge in [0, 0.05) is 25.2 Å². The first-order valence-electron chi connectivity index (χ1n) is 6.26. The molecule has 3 heteroatoms. The minimum Gasteiger partial charge on any atom is -0.326 e. The molecule has 1 aromatic rings. The Morgan fingerprint density at radius 2 is 2.18 bits per heavy atom. The Kier molecular flexibility index (Phi) is 3.79. The van der Waals surface area contributed by atoms with E-state index in [4.69, 9.17) is 5.73 Å². The molecule has 2 nitrogen and oxygen atoms in total. The van der Waals surface area contributed by atoms with E-state index < -0.39 is 0 Å². The molecule has 0 spiro atoms. The summed E-state index contributed by atoms with van der Waals surface area (Å²) < 4.78 is 13.6. The minimum absolute atomic E-state index is 0.127. The van der Waals surface area contributed by atoms with Gasteiger partial charge in [-0.2, -0.15) is 0 Å². The molecule has 2 atom stereocenters. The number of rotatable bonds is 5. The first-order chi connectivity index (χ1) is 8.10. The zero-order valence-electron chi connectivity index (χ0n) is 10.6. The molecule has 0 bridgehead atoms. The van der Waals surface area contributed by atoms with Crippen LogP contribution in [0.15, 0.2) is 18.2 Å². The number of hydrogen-bond acceptors (Lipinski definition) is 2. The van der Waals surface area contributed by atoms with Crippen LogP contribution in [0.2, 0.25) is 0 Å². The molecule has 0 amide bonds. The maximum atomic E-state index is 13.6. The van der Waals surface area contributed by atoms with Crippen molar-refractivity contribution in [2.75, 3.05) is 13.6 Å². The lowest BCUT2D eigenvalue weighted by Crippen LogP contribution is -2.21. The second-order valence-electron chi connectivity index (χ2n) is 5.30. The van der Waals surface area contributed by atoms with Crippen molar-refractivity contribution in [3.63, 3.8) is 0 Å². The van der Waals surface area contributed by atoms with E-state index in [-0.39, 0.29) is 5.82 Å². The van der Waals surface area contributed by atoms with Crippen molar-refractivity contribution in [2.45, 2.75) is 26.4 Å². The topological polar surface area (TPSA) is 29.3 Å². The molecule has 1 aliphatic carbocycles. The van der Waals surface area contributed by atoms with Gasteiger partial charge in [0.15, 0.2) is 0 Å². The van der Waals surface area contributed by atoms with Crippen LogP contribution in [0.5, 0.6) is 0 Å². The van der Waals surface area contributed by atoms with Crippen LogP contribution >= 0.6 is 0 Å². The zero-order valence-corrected chi connectivity index (χ0v) is 10.6. The quantitative estimate of drug-likeness (QED) is 0.850. The summed E-state index contributed by atoms with van der Waals surface area (Å²) in [6, 6.07) is 5.15. The van der Waals surface area contributed by atoms with Crippen molar-refractivity contribution < 1.29 is 4.39 Å². The third kappa shape index (κ3) is 3.27. The van der Waals surface area contributed by atoms with Gasteiger partial charge in [-0.25, -0.2) is 4.39 Å². The molecule has 94 valence electrons. The summed E-state index contributed by atoms with van der Waals surface area (Å²) in [4.78, 5) is 2.20. The Morgan fingerprint density at radius 1 is 1.47 bits per heavy atom. The third-order valence-corrected chi connectivity index (χ3v) is 3.61. The summed E-state index contributed by atoms with van der Waals surface area (Å²) >= 11 is 0. The Morgan fingerprint density at radius 3 is 2.76 bits per heavy atom. The minimum atomic E-state index is -0.127. The second-order valence-corrected chi connectivity index (χ2v) is 5.30. The fourth-order valence-electron chi connectivity index (χ4n) is 2.29. The van der Waals surface area contributed by atoms with E-state index >= 15 is 0 Å². The Balaban J connectivity index is 1.96. The van der Waals surface area contributed by atoms with Gasteiger partial charge < -0.3 is 10.6 Å². The van der Waals surface area contributed by atoms with Gasteiger partial charge in [-0.1, -0.05) is 19.1 Å². The van der Waals surface area contributed by atoms with Crippen LogP contribution in [0, 0.1) is 17.7 Å². The summed E-state index contributed by atoms with van der Waals surface area (Å²) in [5, 5.41) is 0. The number of nitrogens with two attached hydrogens (primary N) is 1. The lowest BCUT2D eigenvalue weighted by Gasteiger charge is -2.17. The lowest BCUT2D eigenvalue weighted by atomic mass is 10.1. The van der Waals surface area contributed by atoms with Crippen LogP contribution in [0.4, 0.5) is 4.39 Å². The number of nitrogens with zero attached hydrogens (tertiary/aromatic N) is 1. The fourth-order valence-corrected chi connectivity index (χ4v) is 2.29. The monoisotopic (exact) mass is 236 g/mol. The molecule has 0 heterocycles. The van der Waals surface area contributed by atoms with Crippen LogP contribution in [0.3, 0.4) is 0 Å². The molecule has 1 aliphatic rings. The molecular formula is C14H21FN2. The SMILES string of the molecule is CC1CC1CN(C)Cc1cc(CN)ccc1F. The molecule has 1 saturated carbocycles. The van der Waals surface area contributed by atoms with Crippen LogP contribution in [0.25, 0.3) is 0 Å². The molecule has 2 unspecified atom stereocenters. The average Bonchev–Trinajstić information content (AvgIpc) is 2.97. The highest BCUT2D eigenvalue weighted by Gasteiger charge is 2.33. The molecule has 2 rings (SSSR count). The molecule has 1 fully saturated rings. The van der Waals surface area contributed by atoms with Gasteiger partial charge >= 0.3 is 0 Å². The zero-order chi connectivity index (χ0) is 12.4. The smallest absolute Gasteiger partial charge is 0.127 e. The van der Waals surface area contributed by atoms with Crippen molar-refractivity contribution in [3.05, 3.63) is 35.1 Å². The first kappa shape index (κ1) is 12.5. The highest BCUT2D eigenvalue weighted by atomic mass is 19.1. The van der Waals surface area contributed by atoms with Crippen LogP contribution < -0.4 is 5.73 Å². The fraction of sp³-hybridized carbons (Fsp3) is 0.571. The van der Waals surface area contributed by atoms with Crippen LogP contribution in [0.1, 0.15) is 24.5 Å². The van der Waals surface area contributed by atoms with E-state index in [1.807, 2.05) is 6.07 Å². The summed E-state index contributed by atoms with van der Waals surface area (Å²) in [6.07, 6.45) is 1.32. The van der Waals surface area contributed by atoms with Crippen molar-refractivity contribution in [1.29, 1.82) is 0 Å². The van der Waals surface area contributed by atoms with Crippen LogP contribution in [-0.2, 0) is 13.1 Å². The number of halogens is 1. The van der Waals surface area contributed by atoms with E-state index in [0.29, 0.717) is 13.1 Å². The van der Waals surface area contributed by atoms with Crippen molar-refractivity contribution in [1.82, 2.24) is 4.90 Å².